The van der Waals surface area contributed by atoms with E-state index in [1.165, 1.54) is 17.3 Å². The highest BCUT2D eigenvalue weighted by Crippen LogP contribution is 2.23. The number of nitrogens with one attached hydrogen (secondary N) is 1. The highest BCUT2D eigenvalue weighted by atomic mass is 32.2. The lowest BCUT2D eigenvalue weighted by Gasteiger charge is -2.13. The molecule has 0 unspecified atom stereocenters. The van der Waals surface area contributed by atoms with Gasteiger partial charge in [-0.15, -0.1) is 10.2 Å². The van der Waals surface area contributed by atoms with E-state index in [1.54, 1.807) is 12.4 Å². The molecule has 0 aliphatic rings. The van der Waals surface area contributed by atoms with Gasteiger partial charge < -0.3 is 9.88 Å². The Kier molecular flexibility index (Phi) is 6.59. The van der Waals surface area contributed by atoms with E-state index in [0.29, 0.717) is 12.3 Å². The van der Waals surface area contributed by atoms with Gasteiger partial charge in [0.05, 0.1) is 5.75 Å². The van der Waals surface area contributed by atoms with E-state index in [2.05, 4.69) is 39.6 Å². The van der Waals surface area contributed by atoms with E-state index in [0.717, 1.165) is 23.1 Å². The number of aromatic nitrogens is 4. The second-order valence-corrected chi connectivity index (χ2v) is 7.13. The van der Waals surface area contributed by atoms with Gasteiger partial charge in [-0.05, 0) is 30.5 Å². The number of pyridine rings is 1. The molecule has 0 fully saturated rings. The number of hydrogen-bond donors (Lipinski definition) is 1. The van der Waals surface area contributed by atoms with Crippen LogP contribution in [0.2, 0.25) is 0 Å². The molecule has 2 aromatic heterocycles. The summed E-state index contributed by atoms with van der Waals surface area (Å²) in [6.07, 6.45) is 3.47. The Balaban J connectivity index is 1.55. The van der Waals surface area contributed by atoms with Crippen LogP contribution in [0, 0.1) is 0 Å². The second kappa shape index (κ2) is 9.32. The van der Waals surface area contributed by atoms with Crippen LogP contribution in [-0.2, 0) is 11.3 Å². The third kappa shape index (κ3) is 4.95. The monoisotopic (exact) mass is 381 g/mol. The first-order valence-electron chi connectivity index (χ1n) is 8.97. The van der Waals surface area contributed by atoms with E-state index in [9.17, 15) is 4.79 Å². The van der Waals surface area contributed by atoms with Crippen molar-refractivity contribution in [1.82, 2.24) is 25.1 Å². The van der Waals surface area contributed by atoms with Crippen molar-refractivity contribution in [1.29, 1.82) is 0 Å². The largest absolute Gasteiger partial charge is 0.355 e. The van der Waals surface area contributed by atoms with E-state index in [1.807, 2.05) is 41.8 Å². The standard InChI is InChI=1S/C20H23N5OS/c1-3-25-19(17-9-11-21-12-10-17)23-24-20(25)27-14-18(26)22-13-15(2)16-7-5-4-6-8-16/h4-12,15H,3,13-14H2,1-2H3,(H,22,26)/t15-/m1/s1. The van der Waals surface area contributed by atoms with Crippen LogP contribution in [0.5, 0.6) is 0 Å². The van der Waals surface area contributed by atoms with Crippen molar-refractivity contribution in [3.05, 3.63) is 60.4 Å². The second-order valence-electron chi connectivity index (χ2n) is 6.19. The molecule has 0 bridgehead atoms. The normalized spacial score (nSPS) is 11.9. The average molecular weight is 382 g/mol. The summed E-state index contributed by atoms with van der Waals surface area (Å²) in [5, 5.41) is 12.3. The lowest BCUT2D eigenvalue weighted by molar-refractivity contribution is -0.118. The van der Waals surface area contributed by atoms with Crippen LogP contribution < -0.4 is 5.32 Å². The van der Waals surface area contributed by atoms with Crippen LogP contribution in [0.25, 0.3) is 11.4 Å². The molecule has 0 saturated heterocycles. The zero-order valence-corrected chi connectivity index (χ0v) is 16.3. The van der Waals surface area contributed by atoms with Gasteiger partial charge in [-0.25, -0.2) is 0 Å². The van der Waals surface area contributed by atoms with Crippen molar-refractivity contribution < 1.29 is 4.79 Å². The molecule has 0 aliphatic heterocycles. The topological polar surface area (TPSA) is 72.7 Å². The van der Waals surface area contributed by atoms with Gasteiger partial charge in [-0.2, -0.15) is 0 Å². The molecule has 6 nitrogen and oxygen atoms in total. The van der Waals surface area contributed by atoms with Gasteiger partial charge >= 0.3 is 0 Å². The van der Waals surface area contributed by atoms with Gasteiger partial charge in [-0.1, -0.05) is 49.0 Å². The lowest BCUT2D eigenvalue weighted by atomic mass is 10.0. The summed E-state index contributed by atoms with van der Waals surface area (Å²) in [6, 6.07) is 14.0. The maximum atomic E-state index is 12.2. The minimum absolute atomic E-state index is 0.00102. The zero-order chi connectivity index (χ0) is 19.1. The van der Waals surface area contributed by atoms with Crippen LogP contribution in [0.3, 0.4) is 0 Å². The third-order valence-corrected chi connectivity index (χ3v) is 5.24. The predicted octanol–water partition coefficient (Wildman–Crippen LogP) is 3.37. The predicted molar refractivity (Wildman–Crippen MR) is 108 cm³/mol. The molecule has 3 rings (SSSR count). The number of carbonyl (C=O) groups is 1. The van der Waals surface area contributed by atoms with Crippen LogP contribution in [-0.4, -0.2) is 38.0 Å². The quantitative estimate of drug-likeness (QED) is 0.606. The van der Waals surface area contributed by atoms with Crippen molar-refractivity contribution in [3.63, 3.8) is 0 Å². The third-order valence-electron chi connectivity index (χ3n) is 4.28. The summed E-state index contributed by atoms with van der Waals surface area (Å²) in [7, 11) is 0. The number of rotatable bonds is 8. The van der Waals surface area contributed by atoms with E-state index >= 15 is 0 Å². The molecule has 1 atom stereocenters. The molecule has 0 aliphatic carbocycles. The number of hydrogen-bond acceptors (Lipinski definition) is 5. The molecular weight excluding hydrogens is 358 g/mol. The SMILES string of the molecule is CCn1c(SCC(=O)NC[C@@H](C)c2ccccc2)nnc1-c1ccncc1. The molecule has 7 heteroatoms. The molecule has 3 aromatic rings. The Hall–Kier alpha value is -2.67. The fraction of sp³-hybridized carbons (Fsp3) is 0.300. The van der Waals surface area contributed by atoms with Crippen LogP contribution >= 0.6 is 11.8 Å². The average Bonchev–Trinajstić information content (AvgIpc) is 3.14. The van der Waals surface area contributed by atoms with Crippen molar-refractivity contribution in [2.75, 3.05) is 12.3 Å². The maximum Gasteiger partial charge on any atom is 0.230 e. The van der Waals surface area contributed by atoms with Crippen molar-refractivity contribution in [2.24, 2.45) is 0 Å². The summed E-state index contributed by atoms with van der Waals surface area (Å²) >= 11 is 1.40. The summed E-state index contributed by atoms with van der Waals surface area (Å²) in [6.45, 7) is 5.50. The molecule has 0 spiro atoms. The summed E-state index contributed by atoms with van der Waals surface area (Å²) in [5.74, 6) is 1.38. The van der Waals surface area contributed by atoms with E-state index in [4.69, 9.17) is 0 Å². The van der Waals surface area contributed by atoms with Gasteiger partial charge in [0, 0.05) is 31.0 Å². The molecule has 0 radical (unpaired) electrons. The highest BCUT2D eigenvalue weighted by molar-refractivity contribution is 7.99. The van der Waals surface area contributed by atoms with Crippen molar-refractivity contribution in [3.8, 4) is 11.4 Å². The summed E-state index contributed by atoms with van der Waals surface area (Å²) < 4.78 is 2.01. The molecule has 0 saturated carbocycles. The molecule has 2 heterocycles. The van der Waals surface area contributed by atoms with Gasteiger partial charge in [-0.3, -0.25) is 9.78 Å². The Morgan fingerprint density at radius 1 is 1.15 bits per heavy atom. The number of thioether (sulfide) groups is 1. The summed E-state index contributed by atoms with van der Waals surface area (Å²) in [4.78, 5) is 16.3. The van der Waals surface area contributed by atoms with Crippen molar-refractivity contribution in [2.45, 2.75) is 31.5 Å². The van der Waals surface area contributed by atoms with Gasteiger partial charge in [0.1, 0.15) is 0 Å². The minimum Gasteiger partial charge on any atom is -0.355 e. The first-order chi connectivity index (χ1) is 13.2. The van der Waals surface area contributed by atoms with Gasteiger partial charge in [0.25, 0.3) is 0 Å². The molecule has 27 heavy (non-hydrogen) atoms. The van der Waals surface area contributed by atoms with Gasteiger partial charge in [0.2, 0.25) is 5.91 Å². The van der Waals surface area contributed by atoms with Crippen LogP contribution in [0.4, 0.5) is 0 Å². The Bertz CT molecular complexity index is 867. The lowest BCUT2D eigenvalue weighted by Crippen LogP contribution is -2.29. The Morgan fingerprint density at radius 2 is 1.89 bits per heavy atom. The van der Waals surface area contributed by atoms with Gasteiger partial charge in [0.15, 0.2) is 11.0 Å². The van der Waals surface area contributed by atoms with Crippen molar-refractivity contribution >= 4 is 17.7 Å². The van der Waals surface area contributed by atoms with E-state index in [-0.39, 0.29) is 11.8 Å². The van der Waals surface area contributed by atoms with E-state index < -0.39 is 0 Å². The molecular formula is C20H23N5OS. The van der Waals surface area contributed by atoms with Crippen LogP contribution in [0.15, 0.2) is 60.0 Å². The number of benzene rings is 1. The first kappa shape index (κ1) is 19.1. The Labute approximate surface area is 163 Å². The minimum atomic E-state index is -0.00102. The summed E-state index contributed by atoms with van der Waals surface area (Å²) in [5.41, 5.74) is 2.19. The molecule has 140 valence electrons. The first-order valence-corrected chi connectivity index (χ1v) is 9.95. The number of amides is 1. The molecule has 1 aromatic carbocycles. The molecule has 1 N–H and O–H groups in total. The van der Waals surface area contributed by atoms with Crippen LogP contribution in [0.1, 0.15) is 25.3 Å². The number of nitrogens with zero attached hydrogens (tertiary/aromatic N) is 4. The zero-order valence-electron chi connectivity index (χ0n) is 15.5. The smallest absolute Gasteiger partial charge is 0.230 e. The fourth-order valence-corrected chi connectivity index (χ4v) is 3.57. The highest BCUT2D eigenvalue weighted by Gasteiger charge is 2.15. The Morgan fingerprint density at radius 3 is 2.59 bits per heavy atom. The molecule has 1 amide bonds. The fourth-order valence-electron chi connectivity index (χ4n) is 2.74. The number of carbonyl (C=O) groups excluding carboxylic acids is 1. The maximum absolute atomic E-state index is 12.2.